The number of ether oxygens (including phenoxy) is 2. The molecule has 0 saturated heterocycles. The van der Waals surface area contributed by atoms with Gasteiger partial charge in [0.2, 0.25) is 5.89 Å². The predicted octanol–water partition coefficient (Wildman–Crippen LogP) is 2.76. The molecule has 2 heterocycles. The molecule has 0 saturated carbocycles. The van der Waals surface area contributed by atoms with Crippen LogP contribution in [0.1, 0.15) is 18.9 Å². The van der Waals surface area contributed by atoms with Gasteiger partial charge in [0.15, 0.2) is 6.10 Å². The van der Waals surface area contributed by atoms with Gasteiger partial charge in [0, 0.05) is 5.56 Å². The Morgan fingerprint density at radius 2 is 1.90 bits per heavy atom. The van der Waals surface area contributed by atoms with Crippen LogP contribution in [0.4, 0.5) is 0 Å². The lowest BCUT2D eigenvalue weighted by molar-refractivity contribution is -0.150. The molecule has 4 rings (SSSR count). The molecule has 0 radical (unpaired) electrons. The van der Waals surface area contributed by atoms with E-state index in [1.54, 1.807) is 62.6 Å². The third-order valence-corrected chi connectivity index (χ3v) is 4.46. The molecular weight excluding hydrogens is 388 g/mol. The highest BCUT2D eigenvalue weighted by molar-refractivity contribution is 5.77. The number of hydrogen-bond donors (Lipinski definition) is 0. The van der Waals surface area contributed by atoms with Gasteiger partial charge in [0.1, 0.15) is 12.3 Å². The van der Waals surface area contributed by atoms with Crippen molar-refractivity contribution < 1.29 is 18.7 Å². The molecule has 0 aliphatic heterocycles. The second-order valence-corrected chi connectivity index (χ2v) is 6.50. The van der Waals surface area contributed by atoms with Gasteiger partial charge in [-0.05, 0) is 43.3 Å². The van der Waals surface area contributed by atoms with E-state index in [9.17, 15) is 9.59 Å². The van der Waals surface area contributed by atoms with Crippen LogP contribution in [0.5, 0.6) is 5.75 Å². The van der Waals surface area contributed by atoms with E-state index < -0.39 is 12.1 Å². The van der Waals surface area contributed by atoms with Crippen LogP contribution in [0.2, 0.25) is 0 Å². The maximum Gasteiger partial charge on any atom is 0.326 e. The Morgan fingerprint density at radius 1 is 1.13 bits per heavy atom. The molecule has 9 nitrogen and oxygen atoms in total. The molecule has 0 N–H and O–H groups in total. The quantitative estimate of drug-likeness (QED) is 0.450. The molecule has 2 aromatic heterocycles. The maximum atomic E-state index is 12.5. The van der Waals surface area contributed by atoms with Crippen LogP contribution in [0.3, 0.4) is 0 Å². The molecule has 0 amide bonds. The second kappa shape index (κ2) is 8.16. The Kier molecular flexibility index (Phi) is 5.25. The van der Waals surface area contributed by atoms with E-state index in [-0.39, 0.29) is 18.0 Å². The van der Waals surface area contributed by atoms with Crippen LogP contribution in [0.15, 0.2) is 64.1 Å². The zero-order valence-corrected chi connectivity index (χ0v) is 16.3. The van der Waals surface area contributed by atoms with Crippen molar-refractivity contribution in [2.45, 2.75) is 19.6 Å². The fourth-order valence-electron chi connectivity index (χ4n) is 2.89. The number of rotatable bonds is 6. The molecule has 0 aliphatic rings. The molecule has 0 bridgehead atoms. The summed E-state index contributed by atoms with van der Waals surface area (Å²) in [5.41, 5.74) is 0.962. The molecule has 0 fully saturated rings. The summed E-state index contributed by atoms with van der Waals surface area (Å²) in [5, 5.41) is 8.37. The standard InChI is InChI=1S/C21H18N4O5/c1-13(19-23-24-20(30-19)14-7-9-15(28-2)10-8-14)29-18(26)11-25-12-22-17-6-4-3-5-16(17)21(25)27/h3-10,12-13H,11H2,1-2H3/t13-/m0/s1. The highest BCUT2D eigenvalue weighted by atomic mass is 16.6. The second-order valence-electron chi connectivity index (χ2n) is 6.50. The largest absolute Gasteiger partial charge is 0.497 e. The minimum Gasteiger partial charge on any atom is -0.497 e. The van der Waals surface area contributed by atoms with Gasteiger partial charge in [0.25, 0.3) is 11.4 Å². The van der Waals surface area contributed by atoms with Crippen LogP contribution in [0, 0.1) is 0 Å². The SMILES string of the molecule is COc1ccc(-c2nnc([C@H](C)OC(=O)Cn3cnc4ccccc4c3=O)o2)cc1. The van der Waals surface area contributed by atoms with Crippen molar-refractivity contribution in [3.05, 3.63) is 71.1 Å². The number of para-hydroxylation sites is 1. The molecule has 4 aromatic rings. The molecule has 30 heavy (non-hydrogen) atoms. The Hall–Kier alpha value is -4.01. The fourth-order valence-corrected chi connectivity index (χ4v) is 2.89. The number of methoxy groups -OCH3 is 1. The summed E-state index contributed by atoms with van der Waals surface area (Å²) in [7, 11) is 1.58. The fraction of sp³-hybridized carbons (Fsp3) is 0.190. The van der Waals surface area contributed by atoms with Crippen LogP contribution < -0.4 is 10.3 Å². The van der Waals surface area contributed by atoms with Gasteiger partial charge >= 0.3 is 5.97 Å². The number of carbonyl (C=O) groups is 1. The van der Waals surface area contributed by atoms with Crippen molar-refractivity contribution in [3.63, 3.8) is 0 Å². The summed E-state index contributed by atoms with van der Waals surface area (Å²) in [5.74, 6) is 0.536. The van der Waals surface area contributed by atoms with Gasteiger partial charge in [-0.15, -0.1) is 10.2 Å². The summed E-state index contributed by atoms with van der Waals surface area (Å²) in [6, 6.07) is 14.0. The van der Waals surface area contributed by atoms with Crippen molar-refractivity contribution in [1.29, 1.82) is 0 Å². The number of benzene rings is 2. The maximum absolute atomic E-state index is 12.5. The average Bonchev–Trinajstić information content (AvgIpc) is 3.26. The number of esters is 1. The van der Waals surface area contributed by atoms with Crippen molar-refractivity contribution in [2.75, 3.05) is 7.11 Å². The third-order valence-electron chi connectivity index (χ3n) is 4.46. The van der Waals surface area contributed by atoms with E-state index in [0.29, 0.717) is 28.1 Å². The first-order chi connectivity index (χ1) is 14.5. The van der Waals surface area contributed by atoms with Gasteiger partial charge < -0.3 is 13.9 Å². The molecule has 9 heteroatoms. The Labute approximate surface area is 170 Å². The van der Waals surface area contributed by atoms with E-state index in [2.05, 4.69) is 15.2 Å². The monoisotopic (exact) mass is 406 g/mol. The lowest BCUT2D eigenvalue weighted by atomic mass is 10.2. The number of nitrogens with zero attached hydrogens (tertiary/aromatic N) is 4. The highest BCUT2D eigenvalue weighted by Gasteiger charge is 2.20. The van der Waals surface area contributed by atoms with Crippen molar-refractivity contribution in [3.8, 4) is 17.2 Å². The topological polar surface area (TPSA) is 109 Å². The highest BCUT2D eigenvalue weighted by Crippen LogP contribution is 2.24. The van der Waals surface area contributed by atoms with Crippen molar-refractivity contribution >= 4 is 16.9 Å². The number of aromatic nitrogens is 4. The van der Waals surface area contributed by atoms with E-state index in [0.717, 1.165) is 0 Å². The smallest absolute Gasteiger partial charge is 0.326 e. The first kappa shape index (κ1) is 19.3. The lowest BCUT2D eigenvalue weighted by Gasteiger charge is -2.10. The Balaban J connectivity index is 1.44. The van der Waals surface area contributed by atoms with Crippen molar-refractivity contribution in [1.82, 2.24) is 19.7 Å². The third kappa shape index (κ3) is 3.90. The zero-order valence-electron chi connectivity index (χ0n) is 16.3. The average molecular weight is 406 g/mol. The summed E-state index contributed by atoms with van der Waals surface area (Å²) in [6.07, 6.45) is 0.548. The van der Waals surface area contributed by atoms with Crippen LogP contribution in [0.25, 0.3) is 22.4 Å². The van der Waals surface area contributed by atoms with Crippen LogP contribution >= 0.6 is 0 Å². The Morgan fingerprint density at radius 3 is 2.67 bits per heavy atom. The summed E-state index contributed by atoms with van der Waals surface area (Å²) >= 11 is 0. The number of hydrogen-bond acceptors (Lipinski definition) is 8. The predicted molar refractivity (Wildman–Crippen MR) is 107 cm³/mol. The van der Waals surface area contributed by atoms with Crippen molar-refractivity contribution in [2.24, 2.45) is 0 Å². The summed E-state index contributed by atoms with van der Waals surface area (Å²) in [6.45, 7) is 1.34. The number of fused-ring (bicyclic) bond motifs is 1. The first-order valence-corrected chi connectivity index (χ1v) is 9.16. The molecular formula is C21H18N4O5. The van der Waals surface area contributed by atoms with Crippen LogP contribution in [-0.2, 0) is 16.1 Å². The van der Waals surface area contributed by atoms with Gasteiger partial charge in [-0.1, -0.05) is 12.1 Å². The van der Waals surface area contributed by atoms with Gasteiger partial charge in [0.05, 0.1) is 24.3 Å². The minimum absolute atomic E-state index is 0.151. The number of carbonyl (C=O) groups excluding carboxylic acids is 1. The van der Waals surface area contributed by atoms with E-state index in [4.69, 9.17) is 13.9 Å². The lowest BCUT2D eigenvalue weighted by Crippen LogP contribution is -2.26. The minimum atomic E-state index is -0.777. The van der Waals surface area contributed by atoms with E-state index in [1.165, 1.54) is 10.9 Å². The first-order valence-electron chi connectivity index (χ1n) is 9.16. The summed E-state index contributed by atoms with van der Waals surface area (Å²) < 4.78 is 17.3. The summed E-state index contributed by atoms with van der Waals surface area (Å²) in [4.78, 5) is 29.0. The van der Waals surface area contributed by atoms with E-state index >= 15 is 0 Å². The van der Waals surface area contributed by atoms with E-state index in [1.807, 2.05) is 0 Å². The Bertz CT molecular complexity index is 1250. The van der Waals surface area contributed by atoms with Gasteiger partial charge in [-0.25, -0.2) is 4.98 Å². The molecule has 2 aromatic carbocycles. The zero-order chi connectivity index (χ0) is 21.1. The van der Waals surface area contributed by atoms with Gasteiger partial charge in [-0.2, -0.15) is 0 Å². The molecule has 0 spiro atoms. The molecule has 1 atom stereocenters. The molecule has 0 aliphatic carbocycles. The normalized spacial score (nSPS) is 11.9. The van der Waals surface area contributed by atoms with Gasteiger partial charge in [-0.3, -0.25) is 14.2 Å². The van der Waals surface area contributed by atoms with Crippen LogP contribution in [-0.4, -0.2) is 32.8 Å². The molecule has 152 valence electrons. The molecule has 0 unspecified atom stereocenters.